The van der Waals surface area contributed by atoms with Crippen LogP contribution in [0.1, 0.15) is 11.2 Å². The molecule has 72 valence electrons. The van der Waals surface area contributed by atoms with Crippen molar-refractivity contribution in [3.05, 3.63) is 35.9 Å². The van der Waals surface area contributed by atoms with E-state index in [1.54, 1.807) is 30.3 Å². The second-order valence-corrected chi connectivity index (χ2v) is 4.55. The standard InChI is InChI=1S/C8H12NO3P/c9-6-8(13(10,11)12)7-4-2-1-3-5-7/h1-5,8H,6,9H2,(H2,10,11,12). The second-order valence-electron chi connectivity index (χ2n) is 2.75. The molecule has 1 aromatic carbocycles. The molecule has 1 aromatic rings. The van der Waals surface area contributed by atoms with Crippen molar-refractivity contribution in [3.63, 3.8) is 0 Å². The van der Waals surface area contributed by atoms with Crippen LogP contribution in [0.4, 0.5) is 0 Å². The summed E-state index contributed by atoms with van der Waals surface area (Å²) in [5, 5.41) is 0. The maximum absolute atomic E-state index is 11.0. The van der Waals surface area contributed by atoms with Crippen molar-refractivity contribution >= 4 is 7.60 Å². The Morgan fingerprint density at radius 3 is 2.23 bits per heavy atom. The number of benzene rings is 1. The molecule has 4 N–H and O–H groups in total. The first-order chi connectivity index (χ1) is 6.05. The molecule has 0 bridgehead atoms. The van der Waals surface area contributed by atoms with Crippen molar-refractivity contribution in [1.29, 1.82) is 0 Å². The Hall–Kier alpha value is -0.670. The zero-order valence-electron chi connectivity index (χ0n) is 7.00. The summed E-state index contributed by atoms with van der Waals surface area (Å²) in [5.74, 6) is 0. The first-order valence-electron chi connectivity index (χ1n) is 3.86. The molecule has 0 spiro atoms. The van der Waals surface area contributed by atoms with Crippen molar-refractivity contribution in [1.82, 2.24) is 0 Å². The van der Waals surface area contributed by atoms with Gasteiger partial charge in [-0.25, -0.2) is 0 Å². The minimum atomic E-state index is -4.12. The van der Waals surface area contributed by atoms with Gasteiger partial charge in [0.15, 0.2) is 0 Å². The molecule has 0 aliphatic carbocycles. The molecule has 5 heteroatoms. The molecule has 0 amide bonds. The van der Waals surface area contributed by atoms with Crippen LogP contribution in [0, 0.1) is 0 Å². The molecule has 13 heavy (non-hydrogen) atoms. The number of rotatable bonds is 3. The minimum Gasteiger partial charge on any atom is -0.329 e. The zero-order valence-corrected chi connectivity index (χ0v) is 7.89. The number of hydrogen-bond acceptors (Lipinski definition) is 2. The van der Waals surface area contributed by atoms with Crippen molar-refractivity contribution in [3.8, 4) is 0 Å². The van der Waals surface area contributed by atoms with Gasteiger partial charge in [0.25, 0.3) is 0 Å². The smallest absolute Gasteiger partial charge is 0.329 e. The SMILES string of the molecule is NCC(c1ccccc1)P(=O)(O)O. The highest BCUT2D eigenvalue weighted by Gasteiger charge is 2.28. The van der Waals surface area contributed by atoms with Crippen LogP contribution in [-0.2, 0) is 4.57 Å². The lowest BCUT2D eigenvalue weighted by Gasteiger charge is -2.16. The van der Waals surface area contributed by atoms with E-state index in [0.717, 1.165) is 0 Å². The number of nitrogens with two attached hydrogens (primary N) is 1. The third kappa shape index (κ3) is 2.64. The van der Waals surface area contributed by atoms with Crippen molar-refractivity contribution in [2.24, 2.45) is 5.73 Å². The molecule has 0 saturated carbocycles. The van der Waals surface area contributed by atoms with Crippen LogP contribution >= 0.6 is 7.60 Å². The van der Waals surface area contributed by atoms with E-state index < -0.39 is 13.3 Å². The van der Waals surface area contributed by atoms with E-state index in [-0.39, 0.29) is 6.54 Å². The predicted molar refractivity (Wildman–Crippen MR) is 50.3 cm³/mol. The van der Waals surface area contributed by atoms with Crippen LogP contribution in [0.5, 0.6) is 0 Å². The average molecular weight is 201 g/mol. The fraction of sp³-hybridized carbons (Fsp3) is 0.250. The summed E-state index contributed by atoms with van der Waals surface area (Å²) in [4.78, 5) is 17.9. The monoisotopic (exact) mass is 201 g/mol. The highest BCUT2D eigenvalue weighted by Crippen LogP contribution is 2.50. The van der Waals surface area contributed by atoms with Gasteiger partial charge in [0, 0.05) is 6.54 Å². The molecule has 1 unspecified atom stereocenters. The Labute approximate surface area is 76.6 Å². The first-order valence-corrected chi connectivity index (χ1v) is 5.54. The minimum absolute atomic E-state index is 0.0473. The predicted octanol–water partition coefficient (Wildman–Crippen LogP) is 0.864. The fourth-order valence-electron chi connectivity index (χ4n) is 1.14. The molecular weight excluding hydrogens is 189 g/mol. The lowest BCUT2D eigenvalue weighted by molar-refractivity contribution is 0.359. The quantitative estimate of drug-likeness (QED) is 0.633. The van der Waals surface area contributed by atoms with E-state index in [0.29, 0.717) is 5.56 Å². The second kappa shape index (κ2) is 4.03. The first kappa shape index (κ1) is 10.4. The van der Waals surface area contributed by atoms with E-state index in [1.807, 2.05) is 0 Å². The van der Waals surface area contributed by atoms with E-state index in [2.05, 4.69) is 0 Å². The molecule has 0 fully saturated rings. The normalized spacial score (nSPS) is 14.1. The van der Waals surface area contributed by atoms with Crippen LogP contribution in [0.25, 0.3) is 0 Å². The van der Waals surface area contributed by atoms with Gasteiger partial charge in [0.1, 0.15) is 0 Å². The maximum Gasteiger partial charge on any atom is 0.334 e. The summed E-state index contributed by atoms with van der Waals surface area (Å²) in [6.45, 7) is -0.0473. The zero-order chi connectivity index (χ0) is 9.90. The fourth-order valence-corrected chi connectivity index (χ4v) is 1.98. The molecule has 1 atom stereocenters. The summed E-state index contributed by atoms with van der Waals surface area (Å²) in [6.07, 6.45) is 0. The molecule has 4 nitrogen and oxygen atoms in total. The van der Waals surface area contributed by atoms with Crippen LogP contribution in [0.3, 0.4) is 0 Å². The Bertz CT molecular complexity index is 308. The van der Waals surface area contributed by atoms with Crippen LogP contribution < -0.4 is 5.73 Å². The number of hydrogen-bond donors (Lipinski definition) is 3. The molecule has 0 aliphatic rings. The summed E-state index contributed by atoms with van der Waals surface area (Å²) in [7, 11) is -4.12. The maximum atomic E-state index is 11.0. The average Bonchev–Trinajstić information content (AvgIpc) is 2.05. The molecule has 1 rings (SSSR count). The van der Waals surface area contributed by atoms with E-state index in [1.165, 1.54) is 0 Å². The third-order valence-electron chi connectivity index (χ3n) is 1.81. The van der Waals surface area contributed by atoms with Crippen LogP contribution in [0.2, 0.25) is 0 Å². The van der Waals surface area contributed by atoms with Crippen molar-refractivity contribution < 1.29 is 14.4 Å². The molecule has 0 aliphatic heterocycles. The van der Waals surface area contributed by atoms with E-state index >= 15 is 0 Å². The largest absolute Gasteiger partial charge is 0.334 e. The Balaban J connectivity index is 2.99. The Morgan fingerprint density at radius 1 is 1.31 bits per heavy atom. The third-order valence-corrected chi connectivity index (χ3v) is 3.13. The van der Waals surface area contributed by atoms with Crippen molar-refractivity contribution in [2.75, 3.05) is 6.54 Å². The van der Waals surface area contributed by atoms with E-state index in [4.69, 9.17) is 15.5 Å². The summed E-state index contributed by atoms with van der Waals surface area (Å²) in [6, 6.07) is 8.57. The molecule has 0 radical (unpaired) electrons. The van der Waals surface area contributed by atoms with Gasteiger partial charge in [-0.3, -0.25) is 4.57 Å². The van der Waals surface area contributed by atoms with Crippen molar-refractivity contribution in [2.45, 2.75) is 5.66 Å². The molecular formula is C8H12NO3P. The summed E-state index contributed by atoms with van der Waals surface area (Å²) < 4.78 is 11.0. The van der Waals surface area contributed by atoms with Crippen LogP contribution in [-0.4, -0.2) is 16.3 Å². The molecule has 0 aromatic heterocycles. The van der Waals surface area contributed by atoms with Gasteiger partial charge in [-0.05, 0) is 5.56 Å². The lowest BCUT2D eigenvalue weighted by atomic mass is 10.1. The van der Waals surface area contributed by atoms with Gasteiger partial charge in [0.05, 0.1) is 5.66 Å². The van der Waals surface area contributed by atoms with Crippen LogP contribution in [0.15, 0.2) is 30.3 Å². The van der Waals surface area contributed by atoms with Gasteiger partial charge >= 0.3 is 7.60 Å². The van der Waals surface area contributed by atoms with E-state index in [9.17, 15) is 4.57 Å². The lowest BCUT2D eigenvalue weighted by Crippen LogP contribution is -2.12. The Morgan fingerprint density at radius 2 is 1.85 bits per heavy atom. The topological polar surface area (TPSA) is 83.6 Å². The highest BCUT2D eigenvalue weighted by atomic mass is 31.2. The van der Waals surface area contributed by atoms with Gasteiger partial charge in [0.2, 0.25) is 0 Å². The summed E-state index contributed by atoms with van der Waals surface area (Å²) in [5.41, 5.74) is 5.00. The van der Waals surface area contributed by atoms with Gasteiger partial charge < -0.3 is 15.5 Å². The summed E-state index contributed by atoms with van der Waals surface area (Å²) >= 11 is 0. The molecule has 0 saturated heterocycles. The van der Waals surface area contributed by atoms with Gasteiger partial charge in [-0.2, -0.15) is 0 Å². The highest BCUT2D eigenvalue weighted by molar-refractivity contribution is 7.52. The van der Waals surface area contributed by atoms with Gasteiger partial charge in [-0.15, -0.1) is 0 Å². The van der Waals surface area contributed by atoms with Gasteiger partial charge in [-0.1, -0.05) is 30.3 Å². The molecule has 0 heterocycles. The Kier molecular flexibility index (Phi) is 3.22.